The number of aliphatic hydroxyl groups excluding tert-OH is 1. The van der Waals surface area contributed by atoms with E-state index in [-0.39, 0.29) is 57.1 Å². The molecular formula is C35H42N6O6. The monoisotopic (exact) mass is 642 g/mol. The fraction of sp³-hybridized carbons (Fsp3) is 0.457. The summed E-state index contributed by atoms with van der Waals surface area (Å²) in [6.07, 6.45) is 4.50. The Morgan fingerprint density at radius 1 is 1.11 bits per heavy atom. The Balaban J connectivity index is 1.37. The van der Waals surface area contributed by atoms with Crippen LogP contribution in [-0.4, -0.2) is 97.7 Å². The van der Waals surface area contributed by atoms with Crippen molar-refractivity contribution in [2.45, 2.75) is 57.0 Å². The topological polar surface area (TPSA) is 130 Å². The van der Waals surface area contributed by atoms with Gasteiger partial charge >= 0.3 is 0 Å². The number of hydrogen-bond donors (Lipinski definition) is 1. The number of fused-ring (bicyclic) bond motifs is 2. The summed E-state index contributed by atoms with van der Waals surface area (Å²) in [7, 11) is 0. The summed E-state index contributed by atoms with van der Waals surface area (Å²) in [6, 6.07) is 13.7. The summed E-state index contributed by atoms with van der Waals surface area (Å²) in [6.45, 7) is 12.5. The van der Waals surface area contributed by atoms with E-state index in [2.05, 4.69) is 23.5 Å². The van der Waals surface area contributed by atoms with Crippen LogP contribution < -0.4 is 9.64 Å². The number of carbonyl (C=O) groups excluding carboxylic acids is 3. The minimum atomic E-state index is -1.22. The van der Waals surface area contributed by atoms with Crippen LogP contribution in [0.25, 0.3) is 11.0 Å². The van der Waals surface area contributed by atoms with Crippen molar-refractivity contribution >= 4 is 34.4 Å². The van der Waals surface area contributed by atoms with Gasteiger partial charge in [0, 0.05) is 31.9 Å². The van der Waals surface area contributed by atoms with E-state index < -0.39 is 29.1 Å². The number of ether oxygens (including phenoxy) is 2. The van der Waals surface area contributed by atoms with Crippen molar-refractivity contribution < 1.29 is 29.0 Å². The third kappa shape index (κ3) is 5.39. The number of hydrogen-bond acceptors (Lipinski definition) is 8. The fourth-order valence-corrected chi connectivity index (χ4v) is 7.80. The van der Waals surface area contributed by atoms with Crippen LogP contribution in [0, 0.1) is 11.8 Å². The molecule has 2 bridgehead atoms. The molecule has 12 heteroatoms. The van der Waals surface area contributed by atoms with Crippen molar-refractivity contribution in [3.63, 3.8) is 0 Å². The zero-order chi connectivity index (χ0) is 33.3. The first-order valence-electron chi connectivity index (χ1n) is 16.2. The number of aliphatic hydroxyl groups is 1. The SMILES string of the molecule is C=CCN(Cn1nnc2ccccc21)C(=O)C1N(CCCO)C(=O)[C@@H]2[C@H](C(=O)N(CC=C)c3ccc(OCC)cc3)[C@]3(C)CCC12O3. The number of para-hydroxylation sites is 1. The lowest BCUT2D eigenvalue weighted by atomic mass is 9.66. The van der Waals surface area contributed by atoms with Gasteiger partial charge in [0.05, 0.1) is 29.6 Å². The third-order valence-corrected chi connectivity index (χ3v) is 9.76. The van der Waals surface area contributed by atoms with Gasteiger partial charge < -0.3 is 29.3 Å². The Labute approximate surface area is 274 Å². The Kier molecular flexibility index (Phi) is 8.91. The molecule has 3 saturated heterocycles. The highest BCUT2D eigenvalue weighted by Crippen LogP contribution is 2.63. The highest BCUT2D eigenvalue weighted by Gasteiger charge is 2.78. The average molecular weight is 643 g/mol. The normalized spacial score (nSPS) is 26.0. The summed E-state index contributed by atoms with van der Waals surface area (Å²) in [5.41, 5.74) is -0.0819. The molecule has 5 atom stereocenters. The number of anilines is 1. The van der Waals surface area contributed by atoms with E-state index in [1.165, 1.54) is 4.90 Å². The van der Waals surface area contributed by atoms with Gasteiger partial charge in [-0.05, 0) is 69.5 Å². The maximum Gasteiger partial charge on any atom is 0.250 e. The Bertz CT molecular complexity index is 1670. The molecule has 3 aliphatic heterocycles. The van der Waals surface area contributed by atoms with Crippen LogP contribution in [0.3, 0.4) is 0 Å². The third-order valence-electron chi connectivity index (χ3n) is 9.76. The van der Waals surface area contributed by atoms with E-state index in [4.69, 9.17) is 9.47 Å². The minimum Gasteiger partial charge on any atom is -0.494 e. The van der Waals surface area contributed by atoms with Crippen molar-refractivity contribution in [3.8, 4) is 5.75 Å². The predicted octanol–water partition coefficient (Wildman–Crippen LogP) is 3.17. The summed E-state index contributed by atoms with van der Waals surface area (Å²) in [5, 5.41) is 18.3. The molecule has 4 heterocycles. The lowest BCUT2D eigenvalue weighted by Crippen LogP contribution is -2.56. The smallest absolute Gasteiger partial charge is 0.250 e. The van der Waals surface area contributed by atoms with Crippen molar-refractivity contribution in [3.05, 3.63) is 73.8 Å². The van der Waals surface area contributed by atoms with Crippen molar-refractivity contribution in [2.24, 2.45) is 11.8 Å². The van der Waals surface area contributed by atoms with Crippen LogP contribution in [0.15, 0.2) is 73.8 Å². The van der Waals surface area contributed by atoms with Crippen molar-refractivity contribution in [2.75, 3.05) is 37.7 Å². The van der Waals surface area contributed by atoms with Gasteiger partial charge in [-0.25, -0.2) is 4.68 Å². The van der Waals surface area contributed by atoms with E-state index >= 15 is 0 Å². The van der Waals surface area contributed by atoms with Crippen LogP contribution in [0.4, 0.5) is 5.69 Å². The number of nitrogens with zero attached hydrogens (tertiary/aromatic N) is 6. The van der Waals surface area contributed by atoms with E-state index in [9.17, 15) is 19.5 Å². The van der Waals surface area contributed by atoms with Crippen LogP contribution in [-0.2, 0) is 25.8 Å². The molecule has 1 aromatic heterocycles. The molecule has 0 aliphatic carbocycles. The zero-order valence-corrected chi connectivity index (χ0v) is 27.0. The second kappa shape index (κ2) is 12.9. The van der Waals surface area contributed by atoms with E-state index in [0.717, 1.165) is 5.52 Å². The molecule has 12 nitrogen and oxygen atoms in total. The highest BCUT2D eigenvalue weighted by molar-refractivity contribution is 6.03. The molecule has 0 radical (unpaired) electrons. The van der Waals surface area contributed by atoms with Gasteiger partial charge in [0.15, 0.2) is 0 Å². The van der Waals surface area contributed by atoms with Crippen molar-refractivity contribution in [1.29, 1.82) is 0 Å². The van der Waals surface area contributed by atoms with Gasteiger partial charge in [-0.1, -0.05) is 29.5 Å². The number of likely N-dealkylation sites (tertiary alicyclic amines) is 1. The van der Waals surface area contributed by atoms with Gasteiger partial charge in [-0.3, -0.25) is 14.4 Å². The summed E-state index contributed by atoms with van der Waals surface area (Å²) in [4.78, 5) is 48.6. The lowest BCUT2D eigenvalue weighted by molar-refractivity contribution is -0.152. The van der Waals surface area contributed by atoms with Crippen molar-refractivity contribution in [1.82, 2.24) is 24.8 Å². The fourth-order valence-electron chi connectivity index (χ4n) is 7.80. The molecule has 2 aromatic carbocycles. The molecule has 47 heavy (non-hydrogen) atoms. The van der Waals surface area contributed by atoms with E-state index in [1.807, 2.05) is 50.2 Å². The van der Waals surface area contributed by atoms with Crippen LogP contribution in [0.1, 0.15) is 33.1 Å². The molecule has 3 amide bonds. The molecule has 248 valence electrons. The maximum absolute atomic E-state index is 14.7. The summed E-state index contributed by atoms with van der Waals surface area (Å²) in [5.74, 6) is -1.93. The van der Waals surface area contributed by atoms with Gasteiger partial charge in [0.25, 0.3) is 0 Å². The molecular weight excluding hydrogens is 600 g/mol. The largest absolute Gasteiger partial charge is 0.494 e. The molecule has 1 N–H and O–H groups in total. The lowest BCUT2D eigenvalue weighted by Gasteiger charge is -2.36. The Morgan fingerprint density at radius 3 is 2.55 bits per heavy atom. The van der Waals surface area contributed by atoms with Crippen LogP contribution in [0.2, 0.25) is 0 Å². The zero-order valence-electron chi connectivity index (χ0n) is 27.0. The number of amides is 3. The maximum atomic E-state index is 14.7. The molecule has 0 saturated carbocycles. The van der Waals surface area contributed by atoms with Gasteiger partial charge in [0.2, 0.25) is 17.7 Å². The number of benzene rings is 2. The number of rotatable bonds is 14. The van der Waals surface area contributed by atoms with Crippen LogP contribution >= 0.6 is 0 Å². The molecule has 3 aromatic rings. The quantitative estimate of drug-likeness (QED) is 0.266. The number of aromatic nitrogens is 3. The standard InChI is InChI=1S/C35H42N6O6/c1-5-19-38(23-41-27-12-9-8-11-26(27)36-37-41)33(45)30-35-18-17-34(4,47-35)28(29(35)32(44)40(30)21-10-22-42)31(43)39(20-6-2)24-13-15-25(16-14-24)46-7-3/h5-6,8-9,11-16,28-30,42H,1-2,7,10,17-23H2,3-4H3/t28-,29+,30?,34+,35?/m1/s1. The van der Waals surface area contributed by atoms with Crippen LogP contribution in [0.5, 0.6) is 5.75 Å². The molecule has 6 rings (SSSR count). The second-order valence-electron chi connectivity index (χ2n) is 12.6. The first-order valence-corrected chi connectivity index (χ1v) is 16.2. The minimum absolute atomic E-state index is 0.0785. The predicted molar refractivity (Wildman–Crippen MR) is 175 cm³/mol. The molecule has 2 unspecified atom stereocenters. The van der Waals surface area contributed by atoms with E-state index in [0.29, 0.717) is 36.4 Å². The van der Waals surface area contributed by atoms with Gasteiger partial charge in [-0.15, -0.1) is 18.3 Å². The van der Waals surface area contributed by atoms with E-state index in [1.54, 1.807) is 38.8 Å². The summed E-state index contributed by atoms with van der Waals surface area (Å²) >= 11 is 0. The van der Waals surface area contributed by atoms with Gasteiger partial charge in [-0.2, -0.15) is 0 Å². The Hall–Kier alpha value is -4.55. The summed E-state index contributed by atoms with van der Waals surface area (Å²) < 4.78 is 14.1. The Morgan fingerprint density at radius 2 is 1.85 bits per heavy atom. The average Bonchev–Trinajstić information content (AvgIpc) is 3.78. The first kappa shape index (κ1) is 32.4. The second-order valence-corrected chi connectivity index (χ2v) is 12.6. The van der Waals surface area contributed by atoms with Gasteiger partial charge in [0.1, 0.15) is 29.6 Å². The first-order chi connectivity index (χ1) is 22.7. The molecule has 3 aliphatic rings. The molecule has 3 fully saturated rings. The number of carbonyl (C=O) groups is 3. The highest BCUT2D eigenvalue weighted by atomic mass is 16.5. The molecule has 1 spiro atoms.